The molecule has 18 heavy (non-hydrogen) atoms. The summed E-state index contributed by atoms with van der Waals surface area (Å²) in [6.07, 6.45) is 0. The third-order valence-corrected chi connectivity index (χ3v) is 2.72. The summed E-state index contributed by atoms with van der Waals surface area (Å²) in [6.45, 7) is 1.36. The first kappa shape index (κ1) is 14.0. The highest BCUT2D eigenvalue weighted by atomic mass is 79.9. The van der Waals surface area contributed by atoms with Crippen molar-refractivity contribution in [3.05, 3.63) is 28.2 Å². The molecule has 1 aromatic carbocycles. The second-order valence-electron chi connectivity index (χ2n) is 3.46. The largest absolute Gasteiger partial charge is 0.480 e. The van der Waals surface area contributed by atoms with Crippen molar-refractivity contribution < 1.29 is 14.7 Å². The lowest BCUT2D eigenvalue weighted by atomic mass is 10.2. The van der Waals surface area contributed by atoms with Crippen LogP contribution in [0, 0.1) is 11.3 Å². The molecule has 0 aliphatic heterocycles. The molecule has 7 heteroatoms. The van der Waals surface area contributed by atoms with Crippen molar-refractivity contribution >= 4 is 33.6 Å². The van der Waals surface area contributed by atoms with Gasteiger partial charge in [0, 0.05) is 4.47 Å². The molecule has 1 rings (SSSR count). The van der Waals surface area contributed by atoms with Crippen LogP contribution in [0.3, 0.4) is 0 Å². The minimum Gasteiger partial charge on any atom is -0.480 e. The van der Waals surface area contributed by atoms with Crippen LogP contribution in [0.2, 0.25) is 0 Å². The Kier molecular flexibility index (Phi) is 4.68. The molecule has 0 radical (unpaired) electrons. The predicted octanol–water partition coefficient (Wildman–Crippen LogP) is 1.92. The van der Waals surface area contributed by atoms with Crippen LogP contribution in [0.25, 0.3) is 0 Å². The van der Waals surface area contributed by atoms with E-state index in [2.05, 4.69) is 26.6 Å². The molecule has 0 saturated carbocycles. The molecule has 0 aliphatic rings. The van der Waals surface area contributed by atoms with Gasteiger partial charge in [0.25, 0.3) is 0 Å². The summed E-state index contributed by atoms with van der Waals surface area (Å²) >= 11 is 3.20. The topological polar surface area (TPSA) is 102 Å². The number of halogens is 1. The number of nitriles is 1. The first-order valence-electron chi connectivity index (χ1n) is 4.94. The summed E-state index contributed by atoms with van der Waals surface area (Å²) in [5, 5.41) is 22.0. The van der Waals surface area contributed by atoms with Gasteiger partial charge in [0.1, 0.15) is 6.04 Å². The van der Waals surface area contributed by atoms with Gasteiger partial charge >= 0.3 is 12.0 Å². The molecule has 0 bridgehead atoms. The molecular formula is C11H10BrN3O3. The third kappa shape index (κ3) is 3.75. The predicted molar refractivity (Wildman–Crippen MR) is 68.1 cm³/mol. The number of hydrogen-bond donors (Lipinski definition) is 3. The van der Waals surface area contributed by atoms with Gasteiger partial charge in [-0.25, -0.2) is 4.79 Å². The number of benzene rings is 1. The number of aliphatic carboxylic acids is 1. The molecule has 1 aromatic rings. The van der Waals surface area contributed by atoms with E-state index in [4.69, 9.17) is 10.4 Å². The minimum absolute atomic E-state index is 0.448. The molecule has 1 atom stereocenters. The van der Waals surface area contributed by atoms with Gasteiger partial charge in [-0.15, -0.1) is 0 Å². The molecule has 94 valence electrons. The molecule has 6 nitrogen and oxygen atoms in total. The minimum atomic E-state index is -1.12. The second kappa shape index (κ2) is 6.02. The zero-order valence-corrected chi connectivity index (χ0v) is 11.0. The van der Waals surface area contributed by atoms with Gasteiger partial charge in [0.15, 0.2) is 0 Å². The number of anilines is 1. The van der Waals surface area contributed by atoms with Crippen molar-refractivity contribution in [1.29, 1.82) is 5.26 Å². The summed E-state index contributed by atoms with van der Waals surface area (Å²) < 4.78 is 0.541. The molecule has 0 heterocycles. The van der Waals surface area contributed by atoms with Crippen LogP contribution < -0.4 is 10.6 Å². The number of carbonyl (C=O) groups excluding carboxylic acids is 1. The Hall–Kier alpha value is -2.07. The Morgan fingerprint density at radius 2 is 2.17 bits per heavy atom. The highest BCUT2D eigenvalue weighted by Gasteiger charge is 2.14. The van der Waals surface area contributed by atoms with E-state index in [-0.39, 0.29) is 0 Å². The zero-order chi connectivity index (χ0) is 13.7. The number of hydrogen-bond acceptors (Lipinski definition) is 3. The number of carboxylic acid groups (broad SMARTS) is 1. The first-order valence-corrected chi connectivity index (χ1v) is 5.73. The van der Waals surface area contributed by atoms with Gasteiger partial charge in [-0.05, 0) is 41.1 Å². The van der Waals surface area contributed by atoms with Crippen molar-refractivity contribution in [2.45, 2.75) is 13.0 Å². The van der Waals surface area contributed by atoms with E-state index in [0.29, 0.717) is 15.7 Å². The van der Waals surface area contributed by atoms with Crippen molar-refractivity contribution in [3.8, 4) is 6.07 Å². The number of rotatable bonds is 3. The van der Waals surface area contributed by atoms with E-state index in [1.807, 2.05) is 6.07 Å². The van der Waals surface area contributed by atoms with Crippen molar-refractivity contribution in [3.63, 3.8) is 0 Å². The van der Waals surface area contributed by atoms with Gasteiger partial charge < -0.3 is 15.7 Å². The van der Waals surface area contributed by atoms with Crippen molar-refractivity contribution in [2.24, 2.45) is 0 Å². The normalized spacial score (nSPS) is 11.2. The summed E-state index contributed by atoms with van der Waals surface area (Å²) in [5.41, 5.74) is 0.899. The van der Waals surface area contributed by atoms with Gasteiger partial charge in [-0.3, -0.25) is 4.79 Å². The fourth-order valence-electron chi connectivity index (χ4n) is 1.10. The van der Waals surface area contributed by atoms with E-state index in [0.717, 1.165) is 0 Å². The van der Waals surface area contributed by atoms with Crippen molar-refractivity contribution in [2.75, 3.05) is 5.32 Å². The Balaban J connectivity index is 2.71. The van der Waals surface area contributed by atoms with E-state index in [9.17, 15) is 9.59 Å². The van der Waals surface area contributed by atoms with Gasteiger partial charge in [0.2, 0.25) is 0 Å². The molecule has 0 unspecified atom stereocenters. The number of nitrogens with zero attached hydrogens (tertiary/aromatic N) is 1. The molecular weight excluding hydrogens is 302 g/mol. The molecule has 3 N–H and O–H groups in total. The van der Waals surface area contributed by atoms with Crippen molar-refractivity contribution in [1.82, 2.24) is 5.32 Å². The summed E-state index contributed by atoms with van der Waals surface area (Å²) in [4.78, 5) is 22.0. The average molecular weight is 312 g/mol. The lowest BCUT2D eigenvalue weighted by Gasteiger charge is -2.11. The number of urea groups is 1. The van der Waals surface area contributed by atoms with Crippen LogP contribution in [0.5, 0.6) is 0 Å². The summed E-state index contributed by atoms with van der Waals surface area (Å²) in [6, 6.07) is 4.99. The number of carboxylic acids is 1. The van der Waals surface area contributed by atoms with E-state index in [1.165, 1.54) is 6.92 Å². The van der Waals surface area contributed by atoms with Gasteiger partial charge in [-0.1, -0.05) is 0 Å². The van der Waals surface area contributed by atoms with Crippen LogP contribution in [-0.2, 0) is 4.79 Å². The van der Waals surface area contributed by atoms with Crippen LogP contribution in [0.1, 0.15) is 12.5 Å². The third-order valence-electron chi connectivity index (χ3n) is 2.06. The Bertz CT molecular complexity index is 525. The first-order chi connectivity index (χ1) is 8.43. The van der Waals surface area contributed by atoms with Gasteiger partial charge in [0.05, 0.1) is 17.3 Å². The van der Waals surface area contributed by atoms with Crippen LogP contribution in [0.4, 0.5) is 10.5 Å². The maximum Gasteiger partial charge on any atom is 0.325 e. The van der Waals surface area contributed by atoms with E-state index in [1.54, 1.807) is 18.2 Å². The Morgan fingerprint density at radius 3 is 2.67 bits per heavy atom. The molecule has 0 saturated heterocycles. The number of carbonyl (C=O) groups is 2. The number of nitrogens with one attached hydrogen (secondary N) is 2. The maximum atomic E-state index is 11.5. The monoisotopic (exact) mass is 311 g/mol. The van der Waals surface area contributed by atoms with E-state index >= 15 is 0 Å². The Morgan fingerprint density at radius 1 is 1.50 bits per heavy atom. The highest BCUT2D eigenvalue weighted by molar-refractivity contribution is 9.10. The smallest absolute Gasteiger partial charge is 0.325 e. The second-order valence-corrected chi connectivity index (χ2v) is 4.32. The summed E-state index contributed by atoms with van der Waals surface area (Å²) in [7, 11) is 0. The molecule has 0 spiro atoms. The number of amides is 2. The van der Waals surface area contributed by atoms with Gasteiger partial charge in [-0.2, -0.15) is 5.26 Å². The molecule has 0 fully saturated rings. The maximum absolute atomic E-state index is 11.5. The standard InChI is InChI=1S/C11H10BrN3O3/c1-6(10(16)17)14-11(18)15-9-3-2-7(5-13)4-8(9)12/h2-4,6H,1H3,(H,16,17)(H2,14,15,18)/t6-/m1/s1. The Labute approximate surface area is 112 Å². The SMILES string of the molecule is C[C@@H](NC(=O)Nc1ccc(C#N)cc1Br)C(=O)O. The fraction of sp³-hybridized carbons (Fsp3) is 0.182. The molecule has 0 aromatic heterocycles. The quantitative estimate of drug-likeness (QED) is 0.793. The lowest BCUT2D eigenvalue weighted by Crippen LogP contribution is -2.40. The lowest BCUT2D eigenvalue weighted by molar-refractivity contribution is -0.138. The molecule has 0 aliphatic carbocycles. The summed E-state index contributed by atoms with van der Waals surface area (Å²) in [5.74, 6) is -1.12. The van der Waals surface area contributed by atoms with Crippen LogP contribution >= 0.6 is 15.9 Å². The zero-order valence-electron chi connectivity index (χ0n) is 9.40. The van der Waals surface area contributed by atoms with Crippen LogP contribution in [-0.4, -0.2) is 23.1 Å². The average Bonchev–Trinajstić information content (AvgIpc) is 2.31. The fourth-order valence-corrected chi connectivity index (χ4v) is 1.58. The van der Waals surface area contributed by atoms with E-state index < -0.39 is 18.0 Å². The highest BCUT2D eigenvalue weighted by Crippen LogP contribution is 2.23. The molecule has 2 amide bonds. The van der Waals surface area contributed by atoms with Crippen LogP contribution in [0.15, 0.2) is 22.7 Å².